The molecule has 0 fully saturated rings. The van der Waals surface area contributed by atoms with Crippen molar-refractivity contribution < 1.29 is 28.2 Å². The average Bonchev–Trinajstić information content (AvgIpc) is 3.15. The second-order valence-corrected chi connectivity index (χ2v) is 13.9. The lowest BCUT2D eigenvalue weighted by atomic mass is 10.0. The van der Waals surface area contributed by atoms with Gasteiger partial charge in [-0.25, -0.2) is 14.0 Å². The first kappa shape index (κ1) is 42.3. The van der Waals surface area contributed by atoms with Crippen LogP contribution in [0.4, 0.5) is 4.39 Å². The van der Waals surface area contributed by atoms with Gasteiger partial charge in [0.15, 0.2) is 11.6 Å². The second-order valence-electron chi connectivity index (χ2n) is 13.9. The fourth-order valence-corrected chi connectivity index (χ4v) is 6.11. The number of benzene rings is 3. The number of hydrogen-bond donors (Lipinski definition) is 0. The van der Waals surface area contributed by atoms with Crippen molar-refractivity contribution in [2.45, 2.75) is 149 Å². The Balaban J connectivity index is 1.32. The van der Waals surface area contributed by atoms with Crippen LogP contribution in [0.25, 0.3) is 11.1 Å². The molecule has 0 aliphatic carbocycles. The van der Waals surface area contributed by atoms with Crippen LogP contribution in [0.2, 0.25) is 0 Å². The van der Waals surface area contributed by atoms with Crippen molar-refractivity contribution >= 4 is 11.9 Å². The smallest absolute Gasteiger partial charge is 0.390 e. The van der Waals surface area contributed by atoms with Gasteiger partial charge in [0.25, 0.3) is 0 Å². The first-order valence-corrected chi connectivity index (χ1v) is 20.0. The van der Waals surface area contributed by atoms with Gasteiger partial charge in [-0.15, -0.1) is 0 Å². The van der Waals surface area contributed by atoms with Crippen molar-refractivity contribution in [2.75, 3.05) is 6.61 Å². The molecule has 0 spiro atoms. The predicted octanol–water partition coefficient (Wildman–Crippen LogP) is 12.8. The van der Waals surface area contributed by atoms with Gasteiger partial charge in [-0.2, -0.15) is 0 Å². The van der Waals surface area contributed by atoms with Crippen LogP contribution in [0.5, 0.6) is 11.5 Å². The molecule has 6 heteroatoms. The number of rotatable bonds is 25. The van der Waals surface area contributed by atoms with Crippen LogP contribution in [0.1, 0.15) is 159 Å². The molecule has 0 heterocycles. The lowest BCUT2D eigenvalue weighted by molar-refractivity contribution is -0.128. The topological polar surface area (TPSA) is 61.8 Å². The van der Waals surface area contributed by atoms with E-state index < -0.39 is 11.8 Å². The van der Waals surface area contributed by atoms with Crippen molar-refractivity contribution in [3.63, 3.8) is 0 Å². The molecular weight excluding hydrogens is 651 g/mol. The summed E-state index contributed by atoms with van der Waals surface area (Å²) in [7, 11) is 0. The van der Waals surface area contributed by atoms with Crippen molar-refractivity contribution in [3.8, 4) is 34.5 Å². The van der Waals surface area contributed by atoms with Gasteiger partial charge in [0.2, 0.25) is 0 Å². The molecule has 3 aromatic carbocycles. The molecule has 0 radical (unpaired) electrons. The molecule has 0 bridgehead atoms. The molecule has 1 atom stereocenters. The maximum Gasteiger partial charge on any atom is 0.390 e. The largest absolute Gasteiger partial charge is 0.491 e. The Morgan fingerprint density at radius 1 is 0.654 bits per heavy atom. The molecule has 52 heavy (non-hydrogen) atoms. The van der Waals surface area contributed by atoms with E-state index in [9.17, 15) is 14.0 Å². The van der Waals surface area contributed by atoms with Crippen LogP contribution in [0, 0.1) is 17.7 Å². The summed E-state index contributed by atoms with van der Waals surface area (Å²) in [5.41, 5.74) is 2.69. The van der Waals surface area contributed by atoms with E-state index in [-0.39, 0.29) is 17.8 Å². The number of halogens is 1. The highest BCUT2D eigenvalue weighted by Gasteiger charge is 2.12. The summed E-state index contributed by atoms with van der Waals surface area (Å²) in [6.07, 6.45) is 23.4. The number of ether oxygens (including phenoxy) is 3. The van der Waals surface area contributed by atoms with E-state index in [1.54, 1.807) is 36.4 Å². The number of carbonyl (C=O) groups is 2. The summed E-state index contributed by atoms with van der Waals surface area (Å²) in [6, 6.07) is 18.7. The summed E-state index contributed by atoms with van der Waals surface area (Å²) >= 11 is 0. The summed E-state index contributed by atoms with van der Waals surface area (Å²) in [5, 5.41) is 0. The lowest BCUT2D eigenvalue weighted by Crippen LogP contribution is -2.15. The van der Waals surface area contributed by atoms with Crippen LogP contribution < -0.4 is 9.47 Å². The van der Waals surface area contributed by atoms with Crippen LogP contribution in [0.3, 0.4) is 0 Å². The number of hydrogen-bond acceptors (Lipinski definition) is 5. The minimum absolute atomic E-state index is 0.112. The zero-order valence-electron chi connectivity index (χ0n) is 32.0. The molecule has 5 nitrogen and oxygen atoms in total. The zero-order chi connectivity index (χ0) is 37.2. The minimum atomic E-state index is -0.742. The Morgan fingerprint density at radius 2 is 1.17 bits per heavy atom. The maximum atomic E-state index is 14.6. The van der Waals surface area contributed by atoms with Crippen molar-refractivity contribution in [3.05, 3.63) is 83.7 Å². The highest BCUT2D eigenvalue weighted by atomic mass is 19.1. The number of esters is 2. The normalized spacial score (nSPS) is 11.4. The standard InChI is InChI=1S/C46H61FO5/c1-4-6-8-10-11-12-13-14-15-16-17-18-19-21-35-50-44-33-23-38(36-43(44)47)24-34-45(48)52-42-31-29-40(30-32-42)39-25-27-41(28-26-39)46(49)51-37(3)22-20-9-7-5-2/h23,25-33,36-37H,4-22,35H2,1-3H3/t37-/m1/s1. The predicted molar refractivity (Wildman–Crippen MR) is 210 cm³/mol. The molecule has 282 valence electrons. The molecule has 0 unspecified atom stereocenters. The van der Waals surface area contributed by atoms with Crippen LogP contribution in [-0.4, -0.2) is 24.6 Å². The van der Waals surface area contributed by atoms with Gasteiger partial charge in [-0.3, -0.25) is 0 Å². The van der Waals surface area contributed by atoms with Gasteiger partial charge in [0, 0.05) is 11.5 Å². The van der Waals surface area contributed by atoms with Crippen molar-refractivity contribution in [1.29, 1.82) is 0 Å². The van der Waals surface area contributed by atoms with E-state index in [4.69, 9.17) is 14.2 Å². The van der Waals surface area contributed by atoms with E-state index in [0.29, 0.717) is 23.5 Å². The van der Waals surface area contributed by atoms with E-state index >= 15 is 0 Å². The third kappa shape index (κ3) is 17.4. The van der Waals surface area contributed by atoms with Crippen molar-refractivity contribution in [1.82, 2.24) is 0 Å². The fraction of sp³-hybridized carbons (Fsp3) is 0.522. The highest BCUT2D eigenvalue weighted by Crippen LogP contribution is 2.24. The van der Waals surface area contributed by atoms with E-state index in [0.717, 1.165) is 43.2 Å². The van der Waals surface area contributed by atoms with Gasteiger partial charge >= 0.3 is 11.9 Å². The van der Waals surface area contributed by atoms with E-state index in [1.807, 2.05) is 31.2 Å². The molecular formula is C46H61FO5. The van der Waals surface area contributed by atoms with Crippen LogP contribution in [0.15, 0.2) is 66.7 Å². The maximum absolute atomic E-state index is 14.6. The van der Waals surface area contributed by atoms with Gasteiger partial charge in [0.1, 0.15) is 5.75 Å². The molecule has 0 aromatic heterocycles. The van der Waals surface area contributed by atoms with Crippen LogP contribution >= 0.6 is 0 Å². The molecule has 0 aliphatic heterocycles. The van der Waals surface area contributed by atoms with Gasteiger partial charge in [0.05, 0.1) is 18.3 Å². The van der Waals surface area contributed by atoms with E-state index in [1.165, 1.54) is 96.0 Å². The molecule has 0 aliphatic rings. The zero-order valence-corrected chi connectivity index (χ0v) is 32.0. The Bertz CT molecular complexity index is 1500. The molecule has 0 saturated carbocycles. The third-order valence-corrected chi connectivity index (χ3v) is 9.29. The first-order chi connectivity index (χ1) is 25.4. The summed E-state index contributed by atoms with van der Waals surface area (Å²) in [6.45, 7) is 6.85. The second kappa shape index (κ2) is 25.8. The summed E-state index contributed by atoms with van der Waals surface area (Å²) in [5.74, 6) is 4.07. The quantitative estimate of drug-likeness (QED) is 0.0379. The molecule has 3 rings (SSSR count). The Kier molecular flexibility index (Phi) is 21.0. The molecule has 3 aromatic rings. The average molecular weight is 713 g/mol. The molecule has 0 saturated heterocycles. The Hall–Kier alpha value is -4.11. The Labute approximate surface area is 313 Å². The van der Waals surface area contributed by atoms with E-state index in [2.05, 4.69) is 25.7 Å². The van der Waals surface area contributed by atoms with Gasteiger partial charge < -0.3 is 14.2 Å². The fourth-order valence-electron chi connectivity index (χ4n) is 6.11. The third-order valence-electron chi connectivity index (χ3n) is 9.29. The number of carbonyl (C=O) groups excluding carboxylic acids is 2. The first-order valence-electron chi connectivity index (χ1n) is 20.0. The van der Waals surface area contributed by atoms with Gasteiger partial charge in [-0.05, 0) is 79.8 Å². The summed E-state index contributed by atoms with van der Waals surface area (Å²) < 4.78 is 31.2. The monoisotopic (exact) mass is 712 g/mol. The van der Waals surface area contributed by atoms with Crippen molar-refractivity contribution in [2.24, 2.45) is 0 Å². The lowest BCUT2D eigenvalue weighted by Gasteiger charge is -2.13. The number of unbranched alkanes of at least 4 members (excludes halogenated alkanes) is 16. The molecule has 0 N–H and O–H groups in total. The minimum Gasteiger partial charge on any atom is -0.491 e. The summed E-state index contributed by atoms with van der Waals surface area (Å²) in [4.78, 5) is 24.9. The van der Waals surface area contributed by atoms with Crippen LogP contribution in [-0.2, 0) is 9.53 Å². The highest BCUT2D eigenvalue weighted by molar-refractivity contribution is 5.91. The Morgan fingerprint density at radius 3 is 1.73 bits per heavy atom. The van der Waals surface area contributed by atoms with Gasteiger partial charge in [-0.1, -0.05) is 147 Å². The molecule has 0 amide bonds. The SMILES string of the molecule is CCCCCCCCCCCCCCCCOc1ccc(C#CC(=O)Oc2ccc(-c3ccc(C(=O)O[C@H](C)CCCCCC)cc3)cc2)cc1F.